The van der Waals surface area contributed by atoms with Gasteiger partial charge < -0.3 is 5.11 Å². The third-order valence-electron chi connectivity index (χ3n) is 5.55. The first-order chi connectivity index (χ1) is 16.3. The summed E-state index contributed by atoms with van der Waals surface area (Å²) in [6.45, 7) is 1.51. The van der Waals surface area contributed by atoms with Gasteiger partial charge in [0.05, 0.1) is 23.7 Å². The molecule has 0 unspecified atom stereocenters. The van der Waals surface area contributed by atoms with Crippen molar-refractivity contribution in [1.82, 2.24) is 24.5 Å². The van der Waals surface area contributed by atoms with Crippen molar-refractivity contribution in [2.75, 3.05) is 0 Å². The monoisotopic (exact) mass is 466 g/mol. The second kappa shape index (κ2) is 9.32. The first-order valence-electron chi connectivity index (χ1n) is 10.2. The van der Waals surface area contributed by atoms with Crippen LogP contribution in [0, 0.1) is 21.7 Å². The minimum Gasteiger partial charge on any atom is -0.381 e. The van der Waals surface area contributed by atoms with E-state index in [2.05, 4.69) is 15.2 Å². The summed E-state index contributed by atoms with van der Waals surface area (Å²) in [4.78, 5) is 14.2. The number of benzene rings is 2. The molecule has 4 aromatic rings. The van der Waals surface area contributed by atoms with Gasteiger partial charge in [-0.1, -0.05) is 18.2 Å². The highest BCUT2D eigenvalue weighted by molar-refractivity contribution is 5.69. The lowest BCUT2D eigenvalue weighted by molar-refractivity contribution is -0.384. The van der Waals surface area contributed by atoms with Crippen LogP contribution in [0.15, 0.2) is 67.5 Å². The highest BCUT2D eigenvalue weighted by atomic mass is 19.1. The van der Waals surface area contributed by atoms with Gasteiger partial charge in [-0.3, -0.25) is 14.8 Å². The average molecular weight is 466 g/mol. The van der Waals surface area contributed by atoms with E-state index in [1.165, 1.54) is 40.2 Å². The minimum atomic E-state index is -1.84. The van der Waals surface area contributed by atoms with Crippen LogP contribution in [0.5, 0.6) is 0 Å². The van der Waals surface area contributed by atoms with E-state index in [4.69, 9.17) is 0 Å². The van der Waals surface area contributed by atoms with Gasteiger partial charge in [-0.2, -0.15) is 10.2 Å². The maximum absolute atomic E-state index is 14.7. The number of hydrogen-bond donors (Lipinski definition) is 1. The van der Waals surface area contributed by atoms with E-state index in [0.717, 1.165) is 17.7 Å². The second-order valence-electron chi connectivity index (χ2n) is 7.75. The fraction of sp³-hybridized carbons (Fsp3) is 0.174. The highest BCUT2D eigenvalue weighted by Gasteiger charge is 2.40. The van der Waals surface area contributed by atoms with Gasteiger partial charge in [0.1, 0.15) is 29.9 Å². The third-order valence-corrected chi connectivity index (χ3v) is 5.55. The van der Waals surface area contributed by atoms with Crippen LogP contribution in [-0.4, -0.2) is 34.6 Å². The number of nitrogens with zero attached hydrogens (tertiary/aromatic N) is 6. The Hall–Kier alpha value is -4.25. The molecule has 2 heterocycles. The predicted octanol–water partition coefficient (Wildman–Crippen LogP) is 3.98. The number of aliphatic hydroxyl groups is 1. The van der Waals surface area contributed by atoms with Crippen LogP contribution in [0.25, 0.3) is 12.2 Å². The van der Waals surface area contributed by atoms with Crippen LogP contribution < -0.4 is 0 Å². The lowest BCUT2D eigenvalue weighted by atomic mass is 9.86. The zero-order chi connectivity index (χ0) is 24.3. The predicted molar refractivity (Wildman–Crippen MR) is 119 cm³/mol. The van der Waals surface area contributed by atoms with Crippen molar-refractivity contribution in [3.05, 3.63) is 106 Å². The number of rotatable bonds is 8. The fourth-order valence-electron chi connectivity index (χ4n) is 3.61. The molecule has 2 atom stereocenters. The van der Waals surface area contributed by atoms with Crippen molar-refractivity contribution >= 4 is 17.8 Å². The zero-order valence-electron chi connectivity index (χ0n) is 18.0. The van der Waals surface area contributed by atoms with E-state index < -0.39 is 28.2 Å². The molecule has 1 N–H and O–H groups in total. The van der Waals surface area contributed by atoms with E-state index in [1.54, 1.807) is 43.6 Å². The number of hydrogen-bond acceptors (Lipinski definition) is 6. The van der Waals surface area contributed by atoms with Gasteiger partial charge in [-0.05, 0) is 30.7 Å². The van der Waals surface area contributed by atoms with Gasteiger partial charge >= 0.3 is 0 Å². The summed E-state index contributed by atoms with van der Waals surface area (Å²) in [5, 5.41) is 30.7. The minimum absolute atomic E-state index is 0.00140. The van der Waals surface area contributed by atoms with Crippen LogP contribution in [-0.2, 0) is 12.1 Å². The smallest absolute Gasteiger partial charge is 0.269 e. The number of halogens is 2. The number of non-ortho nitro benzene ring substituents is 1. The molecule has 9 nitrogen and oxygen atoms in total. The molecule has 174 valence electrons. The van der Waals surface area contributed by atoms with Crippen LogP contribution >= 0.6 is 0 Å². The van der Waals surface area contributed by atoms with Crippen molar-refractivity contribution in [3.63, 3.8) is 0 Å². The molecule has 0 aliphatic heterocycles. The van der Waals surface area contributed by atoms with Gasteiger partial charge in [0.15, 0.2) is 0 Å². The summed E-state index contributed by atoms with van der Waals surface area (Å²) in [7, 11) is 0. The SMILES string of the molecule is C[C@@H](n1cc(C=Cc2ccc([N+](=O)[O-])cc2)cn1)[C@](O)(Cn1cncn1)c1ccc(F)cc1F. The highest BCUT2D eigenvalue weighted by Crippen LogP contribution is 2.36. The van der Waals surface area contributed by atoms with Crippen molar-refractivity contribution < 1.29 is 18.8 Å². The molecule has 4 rings (SSSR count). The maximum atomic E-state index is 14.7. The molecule has 0 spiro atoms. The molecule has 0 saturated carbocycles. The Morgan fingerprint density at radius 2 is 1.88 bits per heavy atom. The maximum Gasteiger partial charge on any atom is 0.269 e. The molecule has 0 bridgehead atoms. The van der Waals surface area contributed by atoms with Crippen molar-refractivity contribution in [2.45, 2.75) is 25.1 Å². The first-order valence-corrected chi connectivity index (χ1v) is 10.2. The topological polar surface area (TPSA) is 112 Å². The Balaban J connectivity index is 1.62. The quantitative estimate of drug-likeness (QED) is 0.311. The fourth-order valence-corrected chi connectivity index (χ4v) is 3.61. The van der Waals surface area contributed by atoms with Crippen LogP contribution in [0.4, 0.5) is 14.5 Å². The molecular formula is C23H20F2N6O3. The molecule has 34 heavy (non-hydrogen) atoms. The molecular weight excluding hydrogens is 446 g/mol. The van der Waals surface area contributed by atoms with Crippen LogP contribution in [0.3, 0.4) is 0 Å². The number of aromatic nitrogens is 5. The van der Waals surface area contributed by atoms with Gasteiger partial charge in [0, 0.05) is 35.5 Å². The zero-order valence-corrected chi connectivity index (χ0v) is 18.0. The van der Waals surface area contributed by atoms with Gasteiger partial charge in [0.2, 0.25) is 0 Å². The van der Waals surface area contributed by atoms with E-state index >= 15 is 0 Å². The molecule has 0 aliphatic rings. The van der Waals surface area contributed by atoms with E-state index in [-0.39, 0.29) is 17.8 Å². The normalized spacial score (nSPS) is 14.2. The van der Waals surface area contributed by atoms with Gasteiger partial charge in [-0.25, -0.2) is 18.4 Å². The molecule has 0 amide bonds. The lowest BCUT2D eigenvalue weighted by Crippen LogP contribution is -2.40. The average Bonchev–Trinajstić information content (AvgIpc) is 3.49. The summed E-state index contributed by atoms with van der Waals surface area (Å²) in [5.74, 6) is -1.64. The Kier molecular flexibility index (Phi) is 6.28. The van der Waals surface area contributed by atoms with Crippen LogP contribution in [0.2, 0.25) is 0 Å². The molecule has 11 heteroatoms. The number of nitro benzene ring substituents is 1. The lowest BCUT2D eigenvalue weighted by Gasteiger charge is -2.34. The molecule has 0 radical (unpaired) electrons. The van der Waals surface area contributed by atoms with Gasteiger partial charge in [0.25, 0.3) is 5.69 Å². The van der Waals surface area contributed by atoms with Crippen molar-refractivity contribution in [1.29, 1.82) is 0 Å². The summed E-state index contributed by atoms with van der Waals surface area (Å²) < 4.78 is 31.1. The molecule has 2 aromatic heterocycles. The summed E-state index contributed by atoms with van der Waals surface area (Å²) in [6.07, 6.45) is 9.43. The molecule has 0 fully saturated rings. The molecule has 0 aliphatic carbocycles. The summed E-state index contributed by atoms with van der Waals surface area (Å²) in [6, 6.07) is 8.29. The molecule has 2 aromatic carbocycles. The Morgan fingerprint density at radius 1 is 1.15 bits per heavy atom. The first kappa shape index (κ1) is 22.9. The van der Waals surface area contributed by atoms with E-state index in [9.17, 15) is 24.0 Å². The Labute approximate surface area is 192 Å². The van der Waals surface area contributed by atoms with Crippen molar-refractivity contribution in [3.8, 4) is 0 Å². The number of nitro groups is 1. The van der Waals surface area contributed by atoms with E-state index in [0.29, 0.717) is 5.56 Å². The largest absolute Gasteiger partial charge is 0.381 e. The van der Waals surface area contributed by atoms with Crippen LogP contribution in [0.1, 0.15) is 29.7 Å². The Bertz CT molecular complexity index is 1320. The summed E-state index contributed by atoms with van der Waals surface area (Å²) in [5.41, 5.74) is -0.499. The summed E-state index contributed by atoms with van der Waals surface area (Å²) >= 11 is 0. The second-order valence-corrected chi connectivity index (χ2v) is 7.75. The third kappa shape index (κ3) is 4.74. The molecule has 0 saturated heterocycles. The van der Waals surface area contributed by atoms with Crippen molar-refractivity contribution in [2.24, 2.45) is 0 Å². The van der Waals surface area contributed by atoms with E-state index in [1.807, 2.05) is 0 Å². The van der Waals surface area contributed by atoms with Gasteiger partial charge in [-0.15, -0.1) is 0 Å². The standard InChI is InChI=1S/C23H20F2N6O3/c1-16(23(32,13-29-15-26-14-28-29)21-9-6-19(24)10-22(21)25)30-12-18(11-27-30)3-2-17-4-7-20(8-5-17)31(33)34/h2-12,14-16,32H,13H2,1H3/t16-,23-/m1/s1. The Morgan fingerprint density at radius 3 is 2.53 bits per heavy atom.